The Morgan fingerprint density at radius 2 is 2.18 bits per heavy atom. The molecule has 1 rings (SSSR count). The summed E-state index contributed by atoms with van der Waals surface area (Å²) in [5.74, 6) is 0.584. The number of imidazole rings is 1. The van der Waals surface area contributed by atoms with Crippen molar-refractivity contribution < 1.29 is 35.8 Å². The van der Waals surface area contributed by atoms with Crippen molar-refractivity contribution in [2.45, 2.75) is 26.4 Å². The van der Waals surface area contributed by atoms with E-state index in [0.29, 0.717) is 13.2 Å². The Morgan fingerprint density at radius 1 is 1.47 bits per heavy atom. The van der Waals surface area contributed by atoms with Crippen LogP contribution in [0.25, 0.3) is 0 Å². The summed E-state index contributed by atoms with van der Waals surface area (Å²) >= 11 is 0. The monoisotopic (exact) mass is 306 g/mol. The van der Waals surface area contributed by atoms with Crippen LogP contribution in [0.5, 0.6) is 0 Å². The molecule has 0 aliphatic heterocycles. The van der Waals surface area contributed by atoms with Crippen molar-refractivity contribution >= 4 is 5.97 Å². The van der Waals surface area contributed by atoms with Gasteiger partial charge >= 0.3 is 5.97 Å². The third-order valence-electron chi connectivity index (χ3n) is 2.08. The molecule has 0 bridgehead atoms. The van der Waals surface area contributed by atoms with Gasteiger partial charge in [0.2, 0.25) is 0 Å². The third kappa shape index (κ3) is 6.43. The lowest BCUT2D eigenvalue weighted by Gasteiger charge is -2.07. The molecule has 6 heteroatoms. The van der Waals surface area contributed by atoms with Crippen molar-refractivity contribution in [2.75, 3.05) is 13.2 Å². The second kappa shape index (κ2) is 8.25. The molecule has 1 N–H and O–H groups in total. The number of carbonyl (C=O) groups excluding carboxylic acids is 1. The molecule has 0 amide bonds. The zero-order chi connectivity index (χ0) is 12.0. The Morgan fingerprint density at radius 3 is 2.71 bits per heavy atom. The summed E-state index contributed by atoms with van der Waals surface area (Å²) < 4.78 is 12.1. The molecule has 0 spiro atoms. The van der Waals surface area contributed by atoms with Gasteiger partial charge in [-0.25, -0.2) is 9.55 Å². The maximum Gasteiger partial charge on any atom is 0.318 e. The van der Waals surface area contributed by atoms with Gasteiger partial charge in [-0.15, -0.1) is 0 Å². The van der Waals surface area contributed by atoms with Crippen LogP contribution >= 0.6 is 0 Å². The predicted octanol–water partition coefficient (Wildman–Crippen LogP) is -2.65. The number of aromatic amines is 1. The summed E-state index contributed by atoms with van der Waals surface area (Å²) in [4.78, 5) is 14.4. The number of hydrogen-bond acceptors (Lipinski definition) is 3. The lowest BCUT2D eigenvalue weighted by atomic mass is 10.4. The molecular weight excluding hydrogens is 288 g/mol. The van der Waals surface area contributed by atoms with E-state index in [1.54, 1.807) is 6.20 Å². The number of ether oxygens (including phenoxy) is 2. The normalized spacial score (nSPS) is 10.1. The first kappa shape index (κ1) is 16.1. The molecule has 1 aromatic heterocycles. The van der Waals surface area contributed by atoms with Gasteiger partial charge in [0.15, 0.2) is 0 Å². The molecule has 0 aliphatic rings. The highest BCUT2D eigenvalue weighted by molar-refractivity contribution is 5.71. The number of H-pyrrole nitrogens is 1. The van der Waals surface area contributed by atoms with E-state index in [-0.39, 0.29) is 35.5 Å². The van der Waals surface area contributed by atoms with Gasteiger partial charge in [-0.05, 0) is 13.8 Å². The summed E-state index contributed by atoms with van der Waals surface area (Å²) in [5.41, 5.74) is 0. The van der Waals surface area contributed by atoms with Crippen LogP contribution in [0.15, 0.2) is 12.4 Å². The van der Waals surface area contributed by atoms with Gasteiger partial charge in [0, 0.05) is 0 Å². The first-order valence-electron chi connectivity index (χ1n) is 5.38. The average Bonchev–Trinajstić information content (AvgIpc) is 2.59. The van der Waals surface area contributed by atoms with E-state index in [9.17, 15) is 4.79 Å². The Hall–Kier alpha value is -0.880. The zero-order valence-corrected chi connectivity index (χ0v) is 12.0. The molecule has 0 aliphatic carbocycles. The number of aromatic nitrogens is 2. The van der Waals surface area contributed by atoms with Gasteiger partial charge in [-0.3, -0.25) is 4.79 Å². The van der Waals surface area contributed by atoms with Gasteiger partial charge in [0.1, 0.15) is 25.4 Å². The second-order valence-corrected chi connectivity index (χ2v) is 3.83. The molecule has 0 saturated heterocycles. The molecule has 98 valence electrons. The Bertz CT molecular complexity index is 339. The predicted molar refractivity (Wildman–Crippen MR) is 57.7 cm³/mol. The highest BCUT2D eigenvalue weighted by Crippen LogP contribution is 1.92. The molecule has 1 aromatic rings. The fourth-order valence-corrected chi connectivity index (χ4v) is 1.24. The van der Waals surface area contributed by atoms with Crippen LogP contribution in [0, 0.1) is 0 Å². The summed E-state index contributed by atoms with van der Waals surface area (Å²) in [5, 5.41) is 0. The zero-order valence-electron chi connectivity index (χ0n) is 10.4. The van der Waals surface area contributed by atoms with E-state index < -0.39 is 0 Å². The van der Waals surface area contributed by atoms with E-state index in [0.717, 1.165) is 5.82 Å². The molecule has 17 heavy (non-hydrogen) atoms. The quantitative estimate of drug-likeness (QED) is 0.355. The molecular formula is C11H19BrN2O3. The lowest BCUT2D eigenvalue weighted by Crippen LogP contribution is -3.00. The van der Waals surface area contributed by atoms with Crippen molar-refractivity contribution in [3.63, 3.8) is 0 Å². The van der Waals surface area contributed by atoms with Crippen molar-refractivity contribution in [1.29, 1.82) is 0 Å². The number of aryl methyl sites for hydroxylation is 1. The van der Waals surface area contributed by atoms with Crippen LogP contribution in [0.3, 0.4) is 0 Å². The SMILES string of the molecule is CC(C)OCCOC(=O)Cc1[nH]cc[n+]1C.[Br-]. The number of carbonyl (C=O) groups is 1. The Balaban J connectivity index is 0.00000256. The summed E-state index contributed by atoms with van der Waals surface area (Å²) in [7, 11) is 1.88. The van der Waals surface area contributed by atoms with Crippen molar-refractivity contribution in [3.8, 4) is 0 Å². The molecule has 0 saturated carbocycles. The molecule has 0 aromatic carbocycles. The van der Waals surface area contributed by atoms with Gasteiger partial charge in [-0.2, -0.15) is 0 Å². The van der Waals surface area contributed by atoms with Gasteiger partial charge < -0.3 is 26.5 Å². The van der Waals surface area contributed by atoms with E-state index in [2.05, 4.69) is 4.98 Å². The maximum atomic E-state index is 11.4. The molecule has 1 heterocycles. The fourth-order valence-electron chi connectivity index (χ4n) is 1.24. The number of esters is 1. The van der Waals surface area contributed by atoms with E-state index in [1.807, 2.05) is 31.7 Å². The van der Waals surface area contributed by atoms with Crippen LogP contribution in [0.2, 0.25) is 0 Å². The molecule has 5 nitrogen and oxygen atoms in total. The van der Waals surface area contributed by atoms with Crippen molar-refractivity contribution in [2.24, 2.45) is 7.05 Å². The minimum atomic E-state index is -0.245. The van der Waals surface area contributed by atoms with Crippen LogP contribution in [0.4, 0.5) is 0 Å². The smallest absolute Gasteiger partial charge is 0.318 e. The van der Waals surface area contributed by atoms with Gasteiger partial charge in [0.05, 0.1) is 19.8 Å². The van der Waals surface area contributed by atoms with Crippen LogP contribution < -0.4 is 21.5 Å². The number of rotatable bonds is 6. The van der Waals surface area contributed by atoms with Gasteiger partial charge in [-0.1, -0.05) is 0 Å². The van der Waals surface area contributed by atoms with Crippen LogP contribution in [-0.2, 0) is 27.7 Å². The lowest BCUT2D eigenvalue weighted by molar-refractivity contribution is -0.677. The Kier molecular flexibility index (Phi) is 7.82. The van der Waals surface area contributed by atoms with E-state index in [4.69, 9.17) is 9.47 Å². The van der Waals surface area contributed by atoms with Crippen LogP contribution in [-0.4, -0.2) is 30.3 Å². The van der Waals surface area contributed by atoms with Crippen molar-refractivity contribution in [3.05, 3.63) is 18.2 Å². The number of nitrogens with zero attached hydrogens (tertiary/aromatic N) is 1. The number of hydrogen-bond donors (Lipinski definition) is 1. The average molecular weight is 307 g/mol. The second-order valence-electron chi connectivity index (χ2n) is 3.83. The topological polar surface area (TPSA) is 55.2 Å². The highest BCUT2D eigenvalue weighted by Gasteiger charge is 2.13. The Labute approximate surface area is 112 Å². The largest absolute Gasteiger partial charge is 1.00 e. The summed E-state index contributed by atoms with van der Waals surface area (Å²) in [6, 6.07) is 0. The molecule has 0 atom stereocenters. The number of halogens is 1. The van der Waals surface area contributed by atoms with Crippen molar-refractivity contribution in [1.82, 2.24) is 4.98 Å². The highest BCUT2D eigenvalue weighted by atomic mass is 79.9. The molecule has 0 fully saturated rings. The molecule has 0 radical (unpaired) electrons. The maximum absolute atomic E-state index is 11.4. The third-order valence-corrected chi connectivity index (χ3v) is 2.08. The summed E-state index contributed by atoms with van der Waals surface area (Å²) in [6.07, 6.45) is 4.06. The first-order chi connectivity index (χ1) is 7.59. The summed E-state index contributed by atoms with van der Waals surface area (Å²) in [6.45, 7) is 4.64. The van der Waals surface area contributed by atoms with E-state index in [1.165, 1.54) is 0 Å². The van der Waals surface area contributed by atoms with Crippen LogP contribution in [0.1, 0.15) is 19.7 Å². The fraction of sp³-hybridized carbons (Fsp3) is 0.636. The van der Waals surface area contributed by atoms with Gasteiger partial charge in [0.25, 0.3) is 5.82 Å². The first-order valence-corrected chi connectivity index (χ1v) is 5.38. The number of nitrogens with one attached hydrogen (secondary N) is 1. The standard InChI is InChI=1S/C11H18N2O3.BrH/c1-9(2)15-6-7-16-11(14)8-10-12-4-5-13(10)3;/h4-5,9H,6-8H2,1-3H3;1H. The van der Waals surface area contributed by atoms with E-state index >= 15 is 0 Å². The molecule has 0 unspecified atom stereocenters. The minimum absolute atomic E-state index is 0. The minimum Gasteiger partial charge on any atom is -1.00 e.